The number of aliphatic hydroxyl groups excluding tert-OH is 1. The standard InChI is InChI=1S/C16H17BrFNO/c1-10-6-14(7-11(2)16(10)17)19-9-15(20)12-4-3-5-13(18)8-12/h3-8,15,19-20H,9H2,1-2H3. The average molecular weight is 338 g/mol. The van der Waals surface area contributed by atoms with Gasteiger partial charge in [-0.1, -0.05) is 28.1 Å². The summed E-state index contributed by atoms with van der Waals surface area (Å²) in [6, 6.07) is 10.1. The van der Waals surface area contributed by atoms with Crippen molar-refractivity contribution < 1.29 is 9.50 Å². The number of hydrogen-bond acceptors (Lipinski definition) is 2. The van der Waals surface area contributed by atoms with Gasteiger partial charge in [-0.05, 0) is 54.8 Å². The van der Waals surface area contributed by atoms with Crippen molar-refractivity contribution in [2.24, 2.45) is 0 Å². The Morgan fingerprint density at radius 1 is 1.20 bits per heavy atom. The maximum Gasteiger partial charge on any atom is 0.123 e. The van der Waals surface area contributed by atoms with E-state index in [4.69, 9.17) is 0 Å². The normalized spacial score (nSPS) is 12.2. The van der Waals surface area contributed by atoms with Crippen molar-refractivity contribution in [2.75, 3.05) is 11.9 Å². The zero-order valence-electron chi connectivity index (χ0n) is 11.5. The van der Waals surface area contributed by atoms with Gasteiger partial charge in [0.1, 0.15) is 5.82 Å². The maximum absolute atomic E-state index is 13.1. The van der Waals surface area contributed by atoms with Gasteiger partial charge in [0.25, 0.3) is 0 Å². The predicted molar refractivity (Wildman–Crippen MR) is 83.5 cm³/mol. The molecule has 20 heavy (non-hydrogen) atoms. The third-order valence-corrected chi connectivity index (χ3v) is 4.42. The van der Waals surface area contributed by atoms with Crippen molar-refractivity contribution >= 4 is 21.6 Å². The lowest BCUT2D eigenvalue weighted by Crippen LogP contribution is -2.12. The van der Waals surface area contributed by atoms with E-state index in [1.165, 1.54) is 12.1 Å². The number of rotatable bonds is 4. The molecule has 0 amide bonds. The molecule has 2 aromatic rings. The average Bonchev–Trinajstić information content (AvgIpc) is 2.42. The van der Waals surface area contributed by atoms with Gasteiger partial charge in [-0.3, -0.25) is 0 Å². The Hall–Kier alpha value is -1.39. The van der Waals surface area contributed by atoms with Gasteiger partial charge in [-0.25, -0.2) is 4.39 Å². The van der Waals surface area contributed by atoms with Crippen LogP contribution >= 0.6 is 15.9 Å². The topological polar surface area (TPSA) is 32.3 Å². The van der Waals surface area contributed by atoms with Gasteiger partial charge in [0.2, 0.25) is 0 Å². The van der Waals surface area contributed by atoms with Crippen LogP contribution in [-0.4, -0.2) is 11.7 Å². The van der Waals surface area contributed by atoms with Crippen LogP contribution in [0.25, 0.3) is 0 Å². The summed E-state index contributed by atoms with van der Waals surface area (Å²) in [5, 5.41) is 13.2. The molecule has 0 heterocycles. The van der Waals surface area contributed by atoms with Gasteiger partial charge in [-0.15, -0.1) is 0 Å². The summed E-state index contributed by atoms with van der Waals surface area (Å²) in [6.07, 6.45) is -0.741. The van der Waals surface area contributed by atoms with Crippen molar-refractivity contribution in [2.45, 2.75) is 20.0 Å². The molecule has 0 bridgehead atoms. The van der Waals surface area contributed by atoms with Crippen LogP contribution in [0.5, 0.6) is 0 Å². The van der Waals surface area contributed by atoms with Gasteiger partial charge < -0.3 is 10.4 Å². The van der Waals surface area contributed by atoms with Gasteiger partial charge in [-0.2, -0.15) is 0 Å². The second-order valence-corrected chi connectivity index (χ2v) is 5.67. The van der Waals surface area contributed by atoms with E-state index in [2.05, 4.69) is 21.2 Å². The van der Waals surface area contributed by atoms with Crippen LogP contribution in [0.15, 0.2) is 40.9 Å². The molecule has 106 valence electrons. The Bertz CT molecular complexity index is 592. The number of nitrogens with one attached hydrogen (secondary N) is 1. The second kappa shape index (κ2) is 6.37. The van der Waals surface area contributed by atoms with Crippen LogP contribution in [0.4, 0.5) is 10.1 Å². The lowest BCUT2D eigenvalue weighted by atomic mass is 10.1. The summed E-state index contributed by atoms with van der Waals surface area (Å²) in [7, 11) is 0. The van der Waals surface area contributed by atoms with Crippen molar-refractivity contribution in [3.8, 4) is 0 Å². The van der Waals surface area contributed by atoms with E-state index in [0.717, 1.165) is 21.3 Å². The van der Waals surface area contributed by atoms with Gasteiger partial charge >= 0.3 is 0 Å². The molecule has 1 unspecified atom stereocenters. The van der Waals surface area contributed by atoms with E-state index in [0.29, 0.717) is 12.1 Å². The Labute approximate surface area is 126 Å². The van der Waals surface area contributed by atoms with Gasteiger partial charge in [0.15, 0.2) is 0 Å². The fraction of sp³-hybridized carbons (Fsp3) is 0.250. The van der Waals surface area contributed by atoms with E-state index in [1.807, 2.05) is 26.0 Å². The fourth-order valence-corrected chi connectivity index (χ4v) is 2.32. The van der Waals surface area contributed by atoms with E-state index >= 15 is 0 Å². The van der Waals surface area contributed by atoms with Crippen LogP contribution in [0.1, 0.15) is 22.8 Å². The summed E-state index contributed by atoms with van der Waals surface area (Å²) in [5.41, 5.74) is 3.78. The van der Waals surface area contributed by atoms with Crippen LogP contribution in [0.3, 0.4) is 0 Å². The van der Waals surface area contributed by atoms with Gasteiger partial charge in [0, 0.05) is 16.7 Å². The molecule has 2 nitrogen and oxygen atoms in total. The minimum Gasteiger partial charge on any atom is -0.387 e. The largest absolute Gasteiger partial charge is 0.387 e. The first-order chi connectivity index (χ1) is 9.47. The zero-order chi connectivity index (χ0) is 14.7. The highest BCUT2D eigenvalue weighted by Gasteiger charge is 2.09. The number of hydrogen-bond donors (Lipinski definition) is 2. The molecule has 0 saturated heterocycles. The molecule has 0 aliphatic rings. The Morgan fingerprint density at radius 3 is 2.45 bits per heavy atom. The van der Waals surface area contributed by atoms with Crippen molar-refractivity contribution in [3.63, 3.8) is 0 Å². The predicted octanol–water partition coefficient (Wildman–Crippen LogP) is 4.35. The van der Waals surface area contributed by atoms with Crippen LogP contribution < -0.4 is 5.32 Å². The van der Waals surface area contributed by atoms with Crippen LogP contribution in [0, 0.1) is 19.7 Å². The van der Waals surface area contributed by atoms with E-state index in [-0.39, 0.29) is 5.82 Å². The highest BCUT2D eigenvalue weighted by molar-refractivity contribution is 9.10. The number of aryl methyl sites for hydroxylation is 2. The summed E-state index contributed by atoms with van der Waals surface area (Å²) >= 11 is 3.52. The molecule has 2 N–H and O–H groups in total. The molecule has 0 aromatic heterocycles. The number of anilines is 1. The molecule has 0 saturated carbocycles. The molecular formula is C16H17BrFNO. The van der Waals surface area contributed by atoms with Crippen molar-refractivity contribution in [1.82, 2.24) is 0 Å². The monoisotopic (exact) mass is 337 g/mol. The fourth-order valence-electron chi connectivity index (χ4n) is 2.09. The van der Waals surface area contributed by atoms with Crippen LogP contribution in [-0.2, 0) is 0 Å². The van der Waals surface area contributed by atoms with E-state index in [9.17, 15) is 9.50 Å². The van der Waals surface area contributed by atoms with Crippen molar-refractivity contribution in [1.29, 1.82) is 0 Å². The molecule has 2 aromatic carbocycles. The van der Waals surface area contributed by atoms with Crippen LogP contribution in [0.2, 0.25) is 0 Å². The quantitative estimate of drug-likeness (QED) is 0.869. The number of halogens is 2. The molecule has 0 radical (unpaired) electrons. The molecule has 0 fully saturated rings. The first-order valence-corrected chi connectivity index (χ1v) is 7.21. The molecule has 1 atom stereocenters. The third-order valence-electron chi connectivity index (χ3n) is 3.17. The minimum atomic E-state index is -0.741. The maximum atomic E-state index is 13.1. The molecular weight excluding hydrogens is 321 g/mol. The highest BCUT2D eigenvalue weighted by Crippen LogP contribution is 2.25. The lowest BCUT2D eigenvalue weighted by Gasteiger charge is -2.15. The molecule has 4 heteroatoms. The van der Waals surface area contributed by atoms with Crippen molar-refractivity contribution in [3.05, 3.63) is 63.4 Å². The first kappa shape index (κ1) is 15.0. The van der Waals surface area contributed by atoms with Gasteiger partial charge in [0.05, 0.1) is 6.10 Å². The smallest absolute Gasteiger partial charge is 0.123 e. The Morgan fingerprint density at radius 2 is 1.85 bits per heavy atom. The first-order valence-electron chi connectivity index (χ1n) is 6.41. The Kier molecular flexibility index (Phi) is 4.78. The summed E-state index contributed by atoms with van der Waals surface area (Å²) < 4.78 is 14.2. The van der Waals surface area contributed by atoms with E-state index < -0.39 is 6.10 Å². The van der Waals surface area contributed by atoms with E-state index in [1.54, 1.807) is 12.1 Å². The molecule has 0 aliphatic heterocycles. The minimum absolute atomic E-state index is 0.336. The third kappa shape index (κ3) is 3.58. The number of benzene rings is 2. The highest BCUT2D eigenvalue weighted by atomic mass is 79.9. The molecule has 2 rings (SSSR count). The lowest BCUT2D eigenvalue weighted by molar-refractivity contribution is 0.191. The molecule has 0 aliphatic carbocycles. The summed E-state index contributed by atoms with van der Waals surface area (Å²) in [5.74, 6) is -0.336. The Balaban J connectivity index is 2.05. The SMILES string of the molecule is Cc1cc(NCC(O)c2cccc(F)c2)cc(C)c1Br. The summed E-state index contributed by atoms with van der Waals surface area (Å²) in [4.78, 5) is 0. The zero-order valence-corrected chi connectivity index (χ0v) is 13.0. The molecule has 0 spiro atoms. The summed E-state index contributed by atoms with van der Waals surface area (Å²) in [6.45, 7) is 4.38. The number of aliphatic hydroxyl groups is 1. The second-order valence-electron chi connectivity index (χ2n) is 4.88.